The van der Waals surface area contributed by atoms with Crippen molar-refractivity contribution in [2.24, 2.45) is 10.9 Å². The second-order valence-corrected chi connectivity index (χ2v) is 12.9. The molecule has 8 nitrogen and oxygen atoms in total. The number of allylic oxidation sites excluding steroid dienone is 1. The number of aliphatic imine (C=N–C) groups is 1. The van der Waals surface area contributed by atoms with E-state index in [1.54, 1.807) is 0 Å². The molecule has 1 unspecified atom stereocenters. The number of carbonyl (C=O) groups is 2. The largest absolute Gasteiger partial charge is 0.381 e. The van der Waals surface area contributed by atoms with Gasteiger partial charge in [0, 0.05) is 80.4 Å². The molecule has 2 saturated heterocycles. The molecule has 0 aromatic heterocycles. The van der Waals surface area contributed by atoms with Crippen molar-refractivity contribution < 1.29 is 19.1 Å². The van der Waals surface area contributed by atoms with Crippen molar-refractivity contribution >= 4 is 23.2 Å². The molecule has 0 bridgehead atoms. The monoisotopic (exact) mass is 612 g/mol. The van der Waals surface area contributed by atoms with E-state index >= 15 is 0 Å². The quantitative estimate of drug-likeness (QED) is 0.390. The summed E-state index contributed by atoms with van der Waals surface area (Å²) in [5, 5.41) is 3.14. The van der Waals surface area contributed by atoms with Crippen LogP contribution in [0.3, 0.4) is 0 Å². The van der Waals surface area contributed by atoms with Gasteiger partial charge in [-0.05, 0) is 87.3 Å². The van der Waals surface area contributed by atoms with E-state index in [1.165, 1.54) is 11.1 Å². The fourth-order valence-corrected chi connectivity index (χ4v) is 7.57. The second kappa shape index (κ2) is 14.4. The van der Waals surface area contributed by atoms with Crippen LogP contribution in [0.4, 0.5) is 5.69 Å². The lowest BCUT2D eigenvalue weighted by Crippen LogP contribution is -2.40. The SMILES string of the molecule is CCN(c1cc(-c2ccc(CN3CCOCC3)cc2)cc(C(=O)NCC2=C3CCCCC3C(C)=NC2=O)c1C)C1CCOCC1. The Bertz CT molecular complexity index is 1450. The van der Waals surface area contributed by atoms with Gasteiger partial charge in [0.05, 0.1) is 13.2 Å². The zero-order valence-corrected chi connectivity index (χ0v) is 27.2. The highest BCUT2D eigenvalue weighted by Gasteiger charge is 2.32. The van der Waals surface area contributed by atoms with Crippen LogP contribution in [0.2, 0.25) is 0 Å². The van der Waals surface area contributed by atoms with E-state index in [-0.39, 0.29) is 24.3 Å². The number of carbonyl (C=O) groups excluding carboxylic acids is 2. The summed E-state index contributed by atoms with van der Waals surface area (Å²) in [4.78, 5) is 36.2. The normalized spacial score (nSPS) is 21.4. The lowest BCUT2D eigenvalue weighted by atomic mass is 9.77. The number of amides is 2. The van der Waals surface area contributed by atoms with Crippen molar-refractivity contribution in [1.82, 2.24) is 10.2 Å². The molecule has 8 heteroatoms. The van der Waals surface area contributed by atoms with Gasteiger partial charge in [0.2, 0.25) is 0 Å². The van der Waals surface area contributed by atoms with E-state index in [2.05, 4.69) is 64.3 Å². The Balaban J connectivity index is 1.30. The fraction of sp³-hybridized carbons (Fsp3) is 0.541. The van der Waals surface area contributed by atoms with Gasteiger partial charge >= 0.3 is 0 Å². The predicted molar refractivity (Wildman–Crippen MR) is 179 cm³/mol. The molecule has 0 spiro atoms. The molecule has 2 aromatic rings. The van der Waals surface area contributed by atoms with Gasteiger partial charge in [-0.15, -0.1) is 0 Å². The maximum absolute atomic E-state index is 14.0. The summed E-state index contributed by atoms with van der Waals surface area (Å²) < 4.78 is 11.2. The first kappa shape index (κ1) is 31.6. The van der Waals surface area contributed by atoms with Crippen LogP contribution < -0.4 is 10.2 Å². The van der Waals surface area contributed by atoms with Crippen molar-refractivity contribution in [3.05, 3.63) is 64.2 Å². The summed E-state index contributed by atoms with van der Waals surface area (Å²) in [6, 6.07) is 13.4. The minimum Gasteiger partial charge on any atom is -0.381 e. The molecule has 3 aliphatic heterocycles. The molecule has 4 aliphatic rings. The Hall–Kier alpha value is -3.33. The van der Waals surface area contributed by atoms with Crippen LogP contribution in [0.1, 0.15) is 73.9 Å². The fourth-order valence-electron chi connectivity index (χ4n) is 7.57. The summed E-state index contributed by atoms with van der Waals surface area (Å²) in [6.45, 7) is 13.2. The number of nitrogens with zero attached hydrogens (tertiary/aromatic N) is 3. The molecule has 2 aromatic carbocycles. The van der Waals surface area contributed by atoms with Crippen molar-refractivity contribution in [3.63, 3.8) is 0 Å². The Labute approximate surface area is 267 Å². The summed E-state index contributed by atoms with van der Waals surface area (Å²) >= 11 is 0. The number of dihydropyridines is 1. The number of morpholine rings is 1. The van der Waals surface area contributed by atoms with Gasteiger partial charge in [-0.2, -0.15) is 0 Å². The van der Waals surface area contributed by atoms with E-state index in [9.17, 15) is 9.59 Å². The maximum Gasteiger partial charge on any atom is 0.274 e. The molecule has 240 valence electrons. The predicted octanol–water partition coefficient (Wildman–Crippen LogP) is 5.72. The molecule has 3 heterocycles. The van der Waals surface area contributed by atoms with Gasteiger partial charge in [-0.25, -0.2) is 4.99 Å². The van der Waals surface area contributed by atoms with Gasteiger partial charge in [-0.3, -0.25) is 14.5 Å². The third kappa shape index (κ3) is 7.08. The molecular weight excluding hydrogens is 564 g/mol. The van der Waals surface area contributed by atoms with E-state index in [1.807, 2.05) is 13.0 Å². The summed E-state index contributed by atoms with van der Waals surface area (Å²) in [6.07, 6.45) is 6.11. The number of nitrogens with one attached hydrogen (secondary N) is 1. The van der Waals surface area contributed by atoms with Crippen molar-refractivity contribution in [2.75, 3.05) is 57.5 Å². The third-order valence-electron chi connectivity index (χ3n) is 10.2. The van der Waals surface area contributed by atoms with Crippen molar-refractivity contribution in [1.29, 1.82) is 0 Å². The topological polar surface area (TPSA) is 83.5 Å². The zero-order chi connectivity index (χ0) is 31.3. The van der Waals surface area contributed by atoms with Crippen LogP contribution in [0, 0.1) is 12.8 Å². The Morgan fingerprint density at radius 3 is 2.44 bits per heavy atom. The molecule has 0 radical (unpaired) electrons. The lowest BCUT2D eigenvalue weighted by Gasteiger charge is -2.37. The molecule has 1 aliphatic carbocycles. The lowest BCUT2D eigenvalue weighted by molar-refractivity contribution is -0.114. The van der Waals surface area contributed by atoms with E-state index in [0.29, 0.717) is 17.2 Å². The number of anilines is 1. The van der Waals surface area contributed by atoms with Crippen molar-refractivity contribution in [2.45, 2.75) is 71.9 Å². The standard InChI is InChI=1S/C37H48N4O4/c1-4-41(30-13-17-44-18-14-30)35-22-29(28-11-9-27(10-12-28)24-40-15-19-45-20-16-40)21-33(25(35)2)36(42)38-23-34-32-8-6-5-7-31(32)26(3)39-37(34)43/h9-12,21-22,30-31H,4-8,13-20,23-24H2,1-3H3,(H,38,42). The first-order valence-corrected chi connectivity index (χ1v) is 16.9. The highest BCUT2D eigenvalue weighted by molar-refractivity contribution is 6.09. The van der Waals surface area contributed by atoms with E-state index in [4.69, 9.17) is 9.47 Å². The van der Waals surface area contributed by atoms with Crippen LogP contribution in [-0.2, 0) is 20.8 Å². The van der Waals surface area contributed by atoms with Crippen molar-refractivity contribution in [3.8, 4) is 11.1 Å². The molecule has 2 amide bonds. The maximum atomic E-state index is 14.0. The van der Waals surface area contributed by atoms with Gasteiger partial charge in [-0.1, -0.05) is 36.3 Å². The summed E-state index contributed by atoms with van der Waals surface area (Å²) in [7, 11) is 0. The molecule has 1 N–H and O–H groups in total. The zero-order valence-electron chi connectivity index (χ0n) is 27.2. The molecule has 45 heavy (non-hydrogen) atoms. The smallest absolute Gasteiger partial charge is 0.274 e. The molecule has 6 rings (SSSR count). The minimum atomic E-state index is -0.194. The first-order valence-electron chi connectivity index (χ1n) is 16.9. The van der Waals surface area contributed by atoms with Crippen LogP contribution in [0.25, 0.3) is 11.1 Å². The Morgan fingerprint density at radius 2 is 1.71 bits per heavy atom. The number of fused-ring (bicyclic) bond motifs is 1. The average Bonchev–Trinajstić information content (AvgIpc) is 3.07. The average molecular weight is 613 g/mol. The number of rotatable bonds is 9. The number of hydrogen-bond acceptors (Lipinski definition) is 6. The van der Waals surface area contributed by atoms with Crippen LogP contribution in [0.15, 0.2) is 52.5 Å². The molecule has 1 atom stereocenters. The Kier molecular flexibility index (Phi) is 10.1. The molecular formula is C37H48N4O4. The first-order chi connectivity index (χ1) is 21.9. The van der Waals surface area contributed by atoms with E-state index < -0.39 is 0 Å². The van der Waals surface area contributed by atoms with Gasteiger partial charge in [0.15, 0.2) is 0 Å². The Morgan fingerprint density at radius 1 is 0.978 bits per heavy atom. The summed E-state index contributed by atoms with van der Waals surface area (Å²) in [5.74, 6) is -0.105. The third-order valence-corrected chi connectivity index (χ3v) is 10.2. The number of hydrogen-bond donors (Lipinski definition) is 1. The highest BCUT2D eigenvalue weighted by Crippen LogP contribution is 2.37. The van der Waals surface area contributed by atoms with Crippen LogP contribution >= 0.6 is 0 Å². The van der Waals surface area contributed by atoms with Crippen LogP contribution in [-0.4, -0.2) is 81.1 Å². The second-order valence-electron chi connectivity index (χ2n) is 12.9. The van der Waals surface area contributed by atoms with Gasteiger partial charge in [0.1, 0.15) is 0 Å². The minimum absolute atomic E-state index is 0.151. The van der Waals surface area contributed by atoms with Gasteiger partial charge < -0.3 is 19.7 Å². The number of ether oxygens (including phenoxy) is 2. The molecule has 3 fully saturated rings. The summed E-state index contributed by atoms with van der Waals surface area (Å²) in [5.41, 5.74) is 8.86. The number of benzene rings is 2. The molecule has 1 saturated carbocycles. The highest BCUT2D eigenvalue weighted by atomic mass is 16.5. The van der Waals surface area contributed by atoms with Crippen LogP contribution in [0.5, 0.6) is 0 Å². The van der Waals surface area contributed by atoms with Gasteiger partial charge in [0.25, 0.3) is 11.8 Å². The van der Waals surface area contributed by atoms with E-state index in [0.717, 1.165) is 119 Å².